The van der Waals surface area contributed by atoms with E-state index in [0.717, 1.165) is 19.4 Å². The van der Waals surface area contributed by atoms with E-state index in [9.17, 15) is 0 Å². The molecule has 2 radical (unpaired) electrons. The Morgan fingerprint density at radius 2 is 2.33 bits per heavy atom. The van der Waals surface area contributed by atoms with Gasteiger partial charge in [0, 0.05) is 12.6 Å². The van der Waals surface area contributed by atoms with Crippen molar-refractivity contribution in [2.75, 3.05) is 13.2 Å². The molecule has 3 heterocycles. The quantitative estimate of drug-likeness (QED) is 0.432. The molecule has 3 saturated heterocycles. The smallest absolute Gasteiger partial charge is 0.203 e. The SMILES string of the molecule is [B]C1OC2COC(=P)O[C@H]2[C@@]12CCCO2. The van der Waals surface area contributed by atoms with Gasteiger partial charge in [-0.15, -0.1) is 0 Å². The van der Waals surface area contributed by atoms with E-state index in [2.05, 4.69) is 8.86 Å². The van der Waals surface area contributed by atoms with Crippen molar-refractivity contribution >= 4 is 22.4 Å². The van der Waals surface area contributed by atoms with Gasteiger partial charge in [-0.3, -0.25) is 0 Å². The van der Waals surface area contributed by atoms with E-state index in [1.54, 1.807) is 0 Å². The number of fused-ring (bicyclic) bond motifs is 2. The van der Waals surface area contributed by atoms with E-state index < -0.39 is 11.6 Å². The molecule has 0 amide bonds. The van der Waals surface area contributed by atoms with E-state index in [1.807, 2.05) is 0 Å². The average molecular weight is 226 g/mol. The molecule has 0 aromatic heterocycles. The normalized spacial score (nSPS) is 49.9. The molecule has 4 atom stereocenters. The van der Waals surface area contributed by atoms with Gasteiger partial charge in [-0.05, 0) is 12.8 Å². The Balaban J connectivity index is 1.90. The van der Waals surface area contributed by atoms with Crippen LogP contribution in [-0.2, 0) is 18.9 Å². The molecule has 4 nitrogen and oxygen atoms in total. The zero-order valence-electron chi connectivity index (χ0n) is 8.27. The summed E-state index contributed by atoms with van der Waals surface area (Å²) in [5.74, 6) is 0. The number of ether oxygens (including phenoxy) is 4. The van der Waals surface area contributed by atoms with Crippen LogP contribution in [0, 0.1) is 0 Å². The van der Waals surface area contributed by atoms with Crippen LogP contribution >= 0.6 is 8.86 Å². The minimum absolute atomic E-state index is 0.127. The first kappa shape index (κ1) is 10.2. The fourth-order valence-electron chi connectivity index (χ4n) is 2.59. The summed E-state index contributed by atoms with van der Waals surface area (Å²) in [5.41, 5.74) is -0.0874. The second kappa shape index (κ2) is 3.54. The Morgan fingerprint density at radius 3 is 3.07 bits per heavy atom. The van der Waals surface area contributed by atoms with Gasteiger partial charge in [-0.25, -0.2) is 0 Å². The summed E-state index contributed by atoms with van der Waals surface area (Å²) in [6, 6.07) is -0.420. The standard InChI is InChI=1S/C9H12BO4P/c10-7-9(2-1-3-12-9)6-5(13-7)4-11-8(15)14-6/h5-7,15H,1-4H2/t5?,6-,7?,9+/m1/s1. The second-order valence-electron chi connectivity index (χ2n) is 4.14. The Hall–Kier alpha value is 0.0749. The molecule has 0 saturated carbocycles. The summed E-state index contributed by atoms with van der Waals surface area (Å²) in [5, 5.41) is 0. The van der Waals surface area contributed by atoms with Gasteiger partial charge in [-0.1, -0.05) is 8.86 Å². The van der Waals surface area contributed by atoms with E-state index in [0.29, 0.717) is 12.3 Å². The molecule has 2 unspecified atom stereocenters. The summed E-state index contributed by atoms with van der Waals surface area (Å²) < 4.78 is 22.2. The van der Waals surface area contributed by atoms with Crippen molar-refractivity contribution in [3.05, 3.63) is 0 Å². The number of rotatable bonds is 0. The third-order valence-corrected chi connectivity index (χ3v) is 3.58. The molecule has 3 rings (SSSR count). The van der Waals surface area contributed by atoms with Gasteiger partial charge in [0.25, 0.3) is 0 Å². The summed E-state index contributed by atoms with van der Waals surface area (Å²) in [4.78, 5) is 0. The maximum Gasteiger partial charge on any atom is 0.203 e. The van der Waals surface area contributed by atoms with Crippen LogP contribution in [0.25, 0.3) is 0 Å². The van der Waals surface area contributed by atoms with Crippen LogP contribution in [0.2, 0.25) is 0 Å². The van der Waals surface area contributed by atoms with Crippen molar-refractivity contribution in [3.63, 3.8) is 0 Å². The van der Waals surface area contributed by atoms with Crippen LogP contribution in [0.15, 0.2) is 0 Å². The minimum Gasteiger partial charge on any atom is -0.376 e. The van der Waals surface area contributed by atoms with Gasteiger partial charge >= 0.3 is 0 Å². The molecule has 80 valence electrons. The monoisotopic (exact) mass is 226 g/mol. The van der Waals surface area contributed by atoms with Crippen molar-refractivity contribution in [1.29, 1.82) is 0 Å². The molecule has 0 bridgehead atoms. The first-order valence-corrected chi connectivity index (χ1v) is 5.65. The van der Waals surface area contributed by atoms with Crippen LogP contribution in [-0.4, -0.2) is 50.5 Å². The van der Waals surface area contributed by atoms with Crippen LogP contribution in [0.5, 0.6) is 0 Å². The lowest BCUT2D eigenvalue weighted by Crippen LogP contribution is -2.52. The van der Waals surface area contributed by atoms with Crippen LogP contribution in [0.4, 0.5) is 0 Å². The first-order chi connectivity index (χ1) is 7.22. The lowest BCUT2D eigenvalue weighted by atomic mass is 9.78. The predicted octanol–water partition coefficient (Wildman–Crippen LogP) is 0.0746. The van der Waals surface area contributed by atoms with E-state index >= 15 is 0 Å². The molecule has 3 fully saturated rings. The fraction of sp³-hybridized carbons (Fsp3) is 0.889. The molecule has 0 aliphatic carbocycles. The molecule has 3 aliphatic rings. The van der Waals surface area contributed by atoms with Gasteiger partial charge < -0.3 is 18.9 Å². The number of hydrogen-bond donors (Lipinski definition) is 0. The molecule has 1 spiro atoms. The summed E-state index contributed by atoms with van der Waals surface area (Å²) in [6.07, 6.45) is 1.60. The van der Waals surface area contributed by atoms with Crippen molar-refractivity contribution in [1.82, 2.24) is 0 Å². The maximum atomic E-state index is 5.97. The third kappa shape index (κ3) is 1.42. The summed E-state index contributed by atoms with van der Waals surface area (Å²) >= 11 is 0. The second-order valence-corrected chi connectivity index (χ2v) is 4.55. The Labute approximate surface area is 91.8 Å². The first-order valence-electron chi connectivity index (χ1n) is 5.15. The molecule has 6 heteroatoms. The van der Waals surface area contributed by atoms with E-state index in [-0.39, 0.29) is 12.2 Å². The highest BCUT2D eigenvalue weighted by molar-refractivity contribution is 7.19. The molecule has 3 aliphatic heterocycles. The maximum absolute atomic E-state index is 5.97. The largest absolute Gasteiger partial charge is 0.376 e. The average Bonchev–Trinajstić information content (AvgIpc) is 2.78. The van der Waals surface area contributed by atoms with Crippen LogP contribution < -0.4 is 0 Å². The number of hydrogen-bond acceptors (Lipinski definition) is 4. The topological polar surface area (TPSA) is 36.9 Å². The van der Waals surface area contributed by atoms with Gasteiger partial charge in [-0.2, -0.15) is 0 Å². The molecule has 0 N–H and O–H groups in total. The zero-order valence-corrected chi connectivity index (χ0v) is 9.27. The van der Waals surface area contributed by atoms with Crippen LogP contribution in [0.1, 0.15) is 12.8 Å². The van der Waals surface area contributed by atoms with Crippen molar-refractivity contribution in [3.8, 4) is 0 Å². The Bertz CT molecular complexity index is 292. The highest BCUT2D eigenvalue weighted by Gasteiger charge is 2.59. The van der Waals surface area contributed by atoms with Crippen LogP contribution in [0.3, 0.4) is 0 Å². The summed E-state index contributed by atoms with van der Waals surface area (Å²) in [6.45, 7) is 1.18. The highest BCUT2D eigenvalue weighted by Crippen LogP contribution is 2.43. The Morgan fingerprint density at radius 1 is 1.47 bits per heavy atom. The minimum atomic E-state index is -0.480. The molecule has 0 aromatic rings. The van der Waals surface area contributed by atoms with E-state index in [1.165, 1.54) is 0 Å². The summed E-state index contributed by atoms with van der Waals surface area (Å²) in [7, 11) is 9.22. The van der Waals surface area contributed by atoms with Crippen molar-refractivity contribution < 1.29 is 18.9 Å². The lowest BCUT2D eigenvalue weighted by molar-refractivity contribution is -0.0939. The highest BCUT2D eigenvalue weighted by atomic mass is 31.0. The predicted molar refractivity (Wildman–Crippen MR) is 56.5 cm³/mol. The lowest BCUT2D eigenvalue weighted by Gasteiger charge is -2.35. The van der Waals surface area contributed by atoms with Gasteiger partial charge in [0.15, 0.2) is 0 Å². The van der Waals surface area contributed by atoms with Gasteiger partial charge in [0.2, 0.25) is 5.67 Å². The molecular weight excluding hydrogens is 214 g/mol. The zero-order chi connectivity index (χ0) is 10.5. The molecule has 0 aromatic carbocycles. The molecule has 15 heavy (non-hydrogen) atoms. The van der Waals surface area contributed by atoms with Crippen molar-refractivity contribution in [2.24, 2.45) is 0 Å². The van der Waals surface area contributed by atoms with Gasteiger partial charge in [0.1, 0.15) is 25.7 Å². The van der Waals surface area contributed by atoms with E-state index in [4.69, 9.17) is 26.8 Å². The third-order valence-electron chi connectivity index (χ3n) is 3.32. The molecular formula is C9H12BO4P. The Kier molecular flexibility index (Phi) is 2.42. The van der Waals surface area contributed by atoms with Crippen molar-refractivity contribution in [2.45, 2.75) is 36.7 Å². The van der Waals surface area contributed by atoms with Gasteiger partial charge in [0.05, 0.1) is 6.61 Å². The fourth-order valence-corrected chi connectivity index (χ4v) is 2.80.